The quantitative estimate of drug-likeness (QED) is 0.268. The van der Waals surface area contributed by atoms with Crippen LogP contribution in [0.1, 0.15) is 30.7 Å². The lowest BCUT2D eigenvalue weighted by Crippen LogP contribution is -2.20. The van der Waals surface area contributed by atoms with Crippen molar-refractivity contribution >= 4 is 11.0 Å². The summed E-state index contributed by atoms with van der Waals surface area (Å²) in [5.74, 6) is 0.737. The molecule has 0 aliphatic carbocycles. The molecule has 0 unspecified atom stereocenters. The highest BCUT2D eigenvalue weighted by molar-refractivity contribution is 5.78. The smallest absolute Gasteiger partial charge is 0.134 e. The molecule has 0 aliphatic rings. The van der Waals surface area contributed by atoms with E-state index in [1.807, 2.05) is 33.0 Å². The van der Waals surface area contributed by atoms with E-state index in [0.717, 1.165) is 54.8 Å². The number of nitrogens with one attached hydrogen (secondary N) is 2. The van der Waals surface area contributed by atoms with Crippen LogP contribution in [0.15, 0.2) is 52.9 Å². The minimum Gasteiger partial charge on any atom is -0.461 e. The number of ether oxygens (including phenoxy) is 3. The number of hydrogen-bond donors (Lipinski definition) is 2. The van der Waals surface area contributed by atoms with E-state index in [1.54, 1.807) is 0 Å². The molecule has 0 spiro atoms. The fourth-order valence-corrected chi connectivity index (χ4v) is 3.38. The van der Waals surface area contributed by atoms with Crippen LogP contribution in [-0.4, -0.2) is 59.8 Å². The summed E-state index contributed by atoms with van der Waals surface area (Å²) in [5.41, 5.74) is 3.17. The second-order valence-electron chi connectivity index (χ2n) is 7.83. The van der Waals surface area contributed by atoms with E-state index < -0.39 is 0 Å². The lowest BCUT2D eigenvalue weighted by atomic mass is 10.1. The first kappa shape index (κ1) is 28.9. The maximum atomic E-state index is 13.0. The van der Waals surface area contributed by atoms with Crippen LogP contribution in [0.25, 0.3) is 11.0 Å². The molecule has 194 valence electrons. The third-order valence-corrected chi connectivity index (χ3v) is 5.20. The van der Waals surface area contributed by atoms with Crippen LogP contribution in [-0.2, 0) is 33.6 Å². The van der Waals surface area contributed by atoms with Gasteiger partial charge >= 0.3 is 0 Å². The maximum absolute atomic E-state index is 13.0. The van der Waals surface area contributed by atoms with Gasteiger partial charge < -0.3 is 29.3 Å². The van der Waals surface area contributed by atoms with E-state index in [4.69, 9.17) is 18.6 Å². The average molecular weight is 489 g/mol. The molecule has 0 atom stereocenters. The minimum absolute atomic E-state index is 0.207. The second-order valence-corrected chi connectivity index (χ2v) is 7.83. The van der Waals surface area contributed by atoms with Gasteiger partial charge in [0.1, 0.15) is 17.2 Å². The Balaban J connectivity index is 0.00000210. The highest BCUT2D eigenvalue weighted by Gasteiger charge is 2.06. The van der Waals surface area contributed by atoms with Crippen molar-refractivity contribution in [1.82, 2.24) is 10.6 Å². The summed E-state index contributed by atoms with van der Waals surface area (Å²) in [6.07, 6.45) is 1.61. The highest BCUT2D eigenvalue weighted by atomic mass is 19.1. The van der Waals surface area contributed by atoms with Gasteiger partial charge in [0.15, 0.2) is 0 Å². The molecule has 0 fully saturated rings. The summed E-state index contributed by atoms with van der Waals surface area (Å²) in [7, 11) is 1.90. The molecule has 7 heteroatoms. The first-order valence-electron chi connectivity index (χ1n) is 12.6. The summed E-state index contributed by atoms with van der Waals surface area (Å²) in [6.45, 7) is 10.1. The topological polar surface area (TPSA) is 64.9 Å². The number of benzene rings is 2. The summed E-state index contributed by atoms with van der Waals surface area (Å²) < 4.78 is 35.5. The molecule has 3 aromatic rings. The number of likely N-dealkylation sites (N-methyl/N-ethyl adjacent to an activating group) is 1. The number of furan rings is 1. The number of aryl methyl sites for hydroxylation is 2. The molecule has 0 aliphatic heterocycles. The number of hydrogen-bond acceptors (Lipinski definition) is 6. The molecule has 1 heterocycles. The van der Waals surface area contributed by atoms with Crippen molar-refractivity contribution in [3.63, 3.8) is 0 Å². The van der Waals surface area contributed by atoms with E-state index in [1.165, 1.54) is 17.7 Å². The Bertz CT molecular complexity index is 930. The summed E-state index contributed by atoms with van der Waals surface area (Å²) >= 11 is 0. The van der Waals surface area contributed by atoms with E-state index in [0.29, 0.717) is 39.6 Å². The zero-order chi connectivity index (χ0) is 25.1. The van der Waals surface area contributed by atoms with Crippen molar-refractivity contribution < 1.29 is 23.0 Å². The molecule has 2 N–H and O–H groups in total. The van der Waals surface area contributed by atoms with Gasteiger partial charge in [0, 0.05) is 31.4 Å². The minimum atomic E-state index is -0.207. The van der Waals surface area contributed by atoms with Crippen LogP contribution < -0.4 is 10.6 Å². The first-order chi connectivity index (χ1) is 17.2. The molecule has 1 aromatic heterocycles. The Hall–Kier alpha value is -2.29. The largest absolute Gasteiger partial charge is 0.461 e. The molecule has 0 saturated carbocycles. The summed E-state index contributed by atoms with van der Waals surface area (Å²) in [5, 5.41) is 7.52. The monoisotopic (exact) mass is 488 g/mol. The van der Waals surface area contributed by atoms with E-state index in [-0.39, 0.29) is 5.82 Å². The normalized spacial score (nSPS) is 11.0. The van der Waals surface area contributed by atoms with Crippen molar-refractivity contribution in [2.24, 2.45) is 0 Å². The molecule has 0 saturated heterocycles. The Kier molecular flexibility index (Phi) is 14.9. The molecular weight excluding hydrogens is 447 g/mol. The van der Waals surface area contributed by atoms with E-state index in [9.17, 15) is 4.39 Å². The number of fused-ring (bicyclic) bond motifs is 1. The third kappa shape index (κ3) is 11.8. The van der Waals surface area contributed by atoms with Crippen molar-refractivity contribution in [3.05, 3.63) is 71.2 Å². The highest BCUT2D eigenvalue weighted by Crippen LogP contribution is 2.22. The number of halogens is 1. The zero-order valence-electron chi connectivity index (χ0n) is 21.4. The van der Waals surface area contributed by atoms with Crippen LogP contribution in [0, 0.1) is 5.82 Å². The van der Waals surface area contributed by atoms with Gasteiger partial charge in [-0.3, -0.25) is 0 Å². The zero-order valence-corrected chi connectivity index (χ0v) is 21.4. The molecule has 35 heavy (non-hydrogen) atoms. The van der Waals surface area contributed by atoms with Gasteiger partial charge in [0.2, 0.25) is 0 Å². The van der Waals surface area contributed by atoms with Gasteiger partial charge in [-0.15, -0.1) is 0 Å². The maximum Gasteiger partial charge on any atom is 0.134 e. The van der Waals surface area contributed by atoms with Crippen LogP contribution in [0.4, 0.5) is 4.39 Å². The Morgan fingerprint density at radius 2 is 1.37 bits per heavy atom. The Morgan fingerprint density at radius 1 is 0.743 bits per heavy atom. The van der Waals surface area contributed by atoms with Gasteiger partial charge in [-0.25, -0.2) is 4.39 Å². The van der Waals surface area contributed by atoms with Crippen LogP contribution in [0.2, 0.25) is 0 Å². The average Bonchev–Trinajstić information content (AvgIpc) is 3.30. The molecule has 6 nitrogen and oxygen atoms in total. The third-order valence-electron chi connectivity index (χ3n) is 5.20. The van der Waals surface area contributed by atoms with Gasteiger partial charge in [-0.2, -0.15) is 0 Å². The SMILES string of the molecule is CC.CNCCOCCOCCOCCNCc1ccc2cc(CCc3ccc(F)cc3)oc2c1. The molecule has 0 bridgehead atoms. The Labute approximate surface area is 209 Å². The predicted octanol–water partition coefficient (Wildman–Crippen LogP) is 4.74. The molecule has 2 aromatic carbocycles. The van der Waals surface area contributed by atoms with E-state index in [2.05, 4.69) is 34.9 Å². The van der Waals surface area contributed by atoms with E-state index >= 15 is 0 Å². The predicted molar refractivity (Wildman–Crippen MR) is 139 cm³/mol. The van der Waals surface area contributed by atoms with Gasteiger partial charge in [0.25, 0.3) is 0 Å². The van der Waals surface area contributed by atoms with Gasteiger partial charge in [0.05, 0.1) is 39.6 Å². The lowest BCUT2D eigenvalue weighted by Gasteiger charge is -2.08. The summed E-state index contributed by atoms with van der Waals surface area (Å²) in [4.78, 5) is 0. The van der Waals surface area contributed by atoms with Crippen LogP contribution in [0.5, 0.6) is 0 Å². The standard InChI is InChI=1S/C26H35FN2O4.C2H6/c1-28-10-12-30-14-16-32-17-15-31-13-11-29-20-22-2-6-23-19-25(33-26(23)18-22)9-5-21-3-7-24(27)8-4-21;1-2/h2-4,6-8,18-19,28-29H,5,9-17,20H2,1H3;1-2H3. The fraction of sp³-hybridized carbons (Fsp3) is 0.500. The number of rotatable bonds is 17. The summed E-state index contributed by atoms with van der Waals surface area (Å²) in [6, 6.07) is 15.0. The van der Waals surface area contributed by atoms with Crippen LogP contribution >= 0.6 is 0 Å². The molecule has 3 rings (SSSR count). The van der Waals surface area contributed by atoms with Crippen molar-refractivity contribution in [1.29, 1.82) is 0 Å². The lowest BCUT2D eigenvalue weighted by molar-refractivity contribution is 0.0159. The molecule has 0 amide bonds. The Morgan fingerprint density at radius 3 is 2.06 bits per heavy atom. The van der Waals surface area contributed by atoms with Crippen molar-refractivity contribution in [3.8, 4) is 0 Å². The van der Waals surface area contributed by atoms with Crippen molar-refractivity contribution in [2.75, 3.05) is 59.8 Å². The fourth-order valence-electron chi connectivity index (χ4n) is 3.38. The van der Waals surface area contributed by atoms with Crippen molar-refractivity contribution in [2.45, 2.75) is 33.2 Å². The molecule has 0 radical (unpaired) electrons. The van der Waals surface area contributed by atoms with Gasteiger partial charge in [-0.1, -0.05) is 38.1 Å². The second kappa shape index (κ2) is 18.0. The molecular formula is C28H41FN2O4. The van der Waals surface area contributed by atoms with Gasteiger partial charge in [-0.05, 0) is 48.9 Å². The van der Waals surface area contributed by atoms with Crippen LogP contribution in [0.3, 0.4) is 0 Å². The first-order valence-corrected chi connectivity index (χ1v) is 12.6.